The molecule has 1 aromatic heterocycles. The van der Waals surface area contributed by atoms with Crippen molar-refractivity contribution in [2.24, 2.45) is 0 Å². The molecule has 2 aliphatic rings. The predicted octanol–water partition coefficient (Wildman–Crippen LogP) is 1.95. The highest BCUT2D eigenvalue weighted by molar-refractivity contribution is 7.90. The van der Waals surface area contributed by atoms with E-state index in [2.05, 4.69) is 10.4 Å². The molecule has 2 aliphatic heterocycles. The number of rotatable bonds is 2. The van der Waals surface area contributed by atoms with Crippen LogP contribution in [0.1, 0.15) is 42.5 Å². The molecule has 0 spiro atoms. The summed E-state index contributed by atoms with van der Waals surface area (Å²) in [6.07, 6.45) is 3.87. The first-order valence-electron chi connectivity index (χ1n) is 9.83. The van der Waals surface area contributed by atoms with Gasteiger partial charge in [0.25, 0.3) is 0 Å². The quantitative estimate of drug-likeness (QED) is 0.754. The number of carbonyl (C=O) groups is 2. The van der Waals surface area contributed by atoms with E-state index in [0.717, 1.165) is 36.9 Å². The summed E-state index contributed by atoms with van der Waals surface area (Å²) in [7, 11) is -3.30. The third-order valence-corrected chi connectivity index (χ3v) is 6.89. The molecule has 0 atom stereocenters. The number of fused-ring (bicyclic) bond motifs is 1. The topological polar surface area (TPSA) is 101 Å². The molecule has 8 nitrogen and oxygen atoms in total. The Kier molecular flexibility index (Phi) is 5.16. The maximum atomic E-state index is 12.8. The maximum absolute atomic E-state index is 12.8. The monoisotopic (exact) mass is 416 g/mol. The number of anilines is 1. The lowest BCUT2D eigenvalue weighted by Crippen LogP contribution is -2.40. The Morgan fingerprint density at radius 1 is 1.03 bits per heavy atom. The third-order valence-electron chi connectivity index (χ3n) is 5.45. The van der Waals surface area contributed by atoms with Crippen molar-refractivity contribution in [1.29, 1.82) is 0 Å². The number of aromatic nitrogens is 2. The number of carbonyl (C=O) groups excluding carboxylic acids is 2. The zero-order valence-electron chi connectivity index (χ0n) is 16.3. The largest absolute Gasteiger partial charge is 0.334 e. The number of para-hydroxylation sites is 1. The lowest BCUT2D eigenvalue weighted by Gasteiger charge is -2.20. The second-order valence-corrected chi connectivity index (χ2v) is 9.73. The van der Waals surface area contributed by atoms with Gasteiger partial charge < -0.3 is 10.2 Å². The van der Waals surface area contributed by atoms with Crippen LogP contribution in [-0.4, -0.2) is 48.0 Å². The van der Waals surface area contributed by atoms with Crippen molar-refractivity contribution in [1.82, 2.24) is 14.7 Å². The van der Waals surface area contributed by atoms with Gasteiger partial charge in [0.2, 0.25) is 0 Å². The summed E-state index contributed by atoms with van der Waals surface area (Å²) in [4.78, 5) is 27.0. The summed E-state index contributed by atoms with van der Waals surface area (Å²) in [6, 6.07) is 7.49. The van der Waals surface area contributed by atoms with Crippen molar-refractivity contribution in [2.45, 2.75) is 44.1 Å². The number of likely N-dealkylation sites (tertiary alicyclic amines) is 1. The van der Waals surface area contributed by atoms with Crippen LogP contribution < -0.4 is 5.32 Å². The molecule has 0 aliphatic carbocycles. The van der Waals surface area contributed by atoms with Crippen molar-refractivity contribution >= 4 is 27.5 Å². The van der Waals surface area contributed by atoms with Crippen LogP contribution in [0, 0.1) is 6.92 Å². The minimum absolute atomic E-state index is 0.163. The molecule has 3 heterocycles. The zero-order chi connectivity index (χ0) is 20.6. The molecule has 0 bridgehead atoms. The molecule has 0 saturated carbocycles. The first-order chi connectivity index (χ1) is 13.9. The Balaban J connectivity index is 1.68. The highest BCUT2D eigenvalue weighted by Crippen LogP contribution is 2.33. The molecular formula is C20H24N4O4S. The second kappa shape index (κ2) is 7.62. The first-order valence-corrected chi connectivity index (χ1v) is 11.7. The van der Waals surface area contributed by atoms with Gasteiger partial charge in [-0.25, -0.2) is 13.1 Å². The Morgan fingerprint density at radius 3 is 2.41 bits per heavy atom. The van der Waals surface area contributed by atoms with Crippen LogP contribution in [0.5, 0.6) is 0 Å². The summed E-state index contributed by atoms with van der Waals surface area (Å²) >= 11 is 0. The van der Waals surface area contributed by atoms with E-state index >= 15 is 0 Å². The molecule has 1 N–H and O–H groups in total. The Morgan fingerprint density at radius 2 is 1.72 bits per heavy atom. The summed E-state index contributed by atoms with van der Waals surface area (Å²) in [5, 5.41) is 7.13. The fourth-order valence-electron chi connectivity index (χ4n) is 3.92. The van der Waals surface area contributed by atoms with Gasteiger partial charge in [-0.2, -0.15) is 5.10 Å². The van der Waals surface area contributed by atoms with E-state index in [1.54, 1.807) is 9.58 Å². The Hall–Kier alpha value is -2.68. The minimum Gasteiger partial charge on any atom is -0.334 e. The van der Waals surface area contributed by atoms with Crippen molar-refractivity contribution in [3.8, 4) is 5.69 Å². The summed E-state index contributed by atoms with van der Waals surface area (Å²) in [5.74, 6) is -1.43. The molecule has 2 aromatic rings. The van der Waals surface area contributed by atoms with Crippen molar-refractivity contribution in [3.63, 3.8) is 0 Å². The second-order valence-electron chi connectivity index (χ2n) is 7.66. The van der Waals surface area contributed by atoms with Gasteiger partial charge in [0, 0.05) is 18.7 Å². The number of amides is 2. The Labute approximate surface area is 169 Å². The van der Waals surface area contributed by atoms with Gasteiger partial charge in [-0.15, -0.1) is 0 Å². The molecule has 0 unspecified atom stereocenters. The molecule has 9 heteroatoms. The Bertz CT molecular complexity index is 1070. The fourth-order valence-corrected chi connectivity index (χ4v) is 5.42. The van der Waals surface area contributed by atoms with Crippen LogP contribution in [0.4, 0.5) is 5.82 Å². The van der Waals surface area contributed by atoms with Crippen LogP contribution in [0.2, 0.25) is 0 Å². The lowest BCUT2D eigenvalue weighted by atomic mass is 10.2. The van der Waals surface area contributed by atoms with Gasteiger partial charge in [0.15, 0.2) is 9.84 Å². The van der Waals surface area contributed by atoms with Crippen molar-refractivity contribution < 1.29 is 18.0 Å². The fraction of sp³-hybridized carbons (Fsp3) is 0.450. The lowest BCUT2D eigenvalue weighted by molar-refractivity contribution is -0.143. The van der Waals surface area contributed by atoms with Crippen LogP contribution >= 0.6 is 0 Å². The molecule has 2 amide bonds. The molecule has 1 aromatic carbocycles. The number of sulfone groups is 1. The number of benzene rings is 1. The molecule has 0 radical (unpaired) electrons. The average molecular weight is 417 g/mol. The first kappa shape index (κ1) is 19.6. The molecule has 29 heavy (non-hydrogen) atoms. The summed E-state index contributed by atoms with van der Waals surface area (Å²) < 4.78 is 25.7. The highest BCUT2D eigenvalue weighted by atomic mass is 32.2. The zero-order valence-corrected chi connectivity index (χ0v) is 17.2. The van der Waals surface area contributed by atoms with Gasteiger partial charge in [0.05, 0.1) is 22.9 Å². The number of hydrogen-bond donors (Lipinski definition) is 1. The average Bonchev–Trinajstić information content (AvgIpc) is 3.00. The molecule has 1 saturated heterocycles. The van der Waals surface area contributed by atoms with Gasteiger partial charge in [0.1, 0.15) is 5.82 Å². The number of nitrogens with one attached hydrogen (secondary N) is 1. The minimum atomic E-state index is -3.30. The summed E-state index contributed by atoms with van der Waals surface area (Å²) in [6.45, 7) is 3.04. The standard InChI is InChI=1S/C20H24N4O4S/c1-14-8-4-5-9-17(14)24-18(15-12-29(27,28)13-16(15)22-24)21-19(25)20(26)23-10-6-2-3-7-11-23/h4-5,8-9H,2-3,6-7,10-13H2,1H3,(H,21,25). The molecule has 4 rings (SSSR count). The molecular weight excluding hydrogens is 392 g/mol. The van der Waals surface area contributed by atoms with E-state index in [0.29, 0.717) is 24.3 Å². The van der Waals surface area contributed by atoms with Gasteiger partial charge in [-0.05, 0) is 31.4 Å². The highest BCUT2D eigenvalue weighted by Gasteiger charge is 2.34. The number of aryl methyl sites for hydroxylation is 1. The number of hydrogen-bond acceptors (Lipinski definition) is 5. The normalized spacial score (nSPS) is 18.2. The van der Waals surface area contributed by atoms with Gasteiger partial charge >= 0.3 is 11.8 Å². The number of nitrogens with zero attached hydrogens (tertiary/aromatic N) is 3. The predicted molar refractivity (Wildman–Crippen MR) is 108 cm³/mol. The van der Waals surface area contributed by atoms with E-state index in [4.69, 9.17) is 0 Å². The smallest absolute Gasteiger partial charge is 0.315 e. The van der Waals surface area contributed by atoms with Crippen LogP contribution in [0.3, 0.4) is 0 Å². The van der Waals surface area contributed by atoms with Crippen LogP contribution in [-0.2, 0) is 30.9 Å². The van der Waals surface area contributed by atoms with Gasteiger partial charge in [-0.1, -0.05) is 31.0 Å². The third kappa shape index (κ3) is 3.91. The SMILES string of the molecule is Cc1ccccc1-n1nc2c(c1NC(=O)C(=O)N1CCCCCC1)CS(=O)(=O)C2. The molecule has 1 fully saturated rings. The van der Waals surface area contributed by atoms with Crippen molar-refractivity contribution in [3.05, 3.63) is 41.1 Å². The molecule has 154 valence electrons. The van der Waals surface area contributed by atoms with Crippen molar-refractivity contribution in [2.75, 3.05) is 18.4 Å². The van der Waals surface area contributed by atoms with Crippen LogP contribution in [0.15, 0.2) is 24.3 Å². The van der Waals surface area contributed by atoms with E-state index < -0.39 is 21.7 Å². The maximum Gasteiger partial charge on any atom is 0.315 e. The summed E-state index contributed by atoms with van der Waals surface area (Å²) in [5.41, 5.74) is 2.54. The van der Waals surface area contributed by atoms with E-state index in [-0.39, 0.29) is 17.3 Å². The van der Waals surface area contributed by atoms with E-state index in [1.165, 1.54) is 0 Å². The van der Waals surface area contributed by atoms with Gasteiger partial charge in [-0.3, -0.25) is 9.59 Å². The van der Waals surface area contributed by atoms with E-state index in [9.17, 15) is 18.0 Å². The van der Waals surface area contributed by atoms with E-state index in [1.807, 2.05) is 31.2 Å². The van der Waals surface area contributed by atoms with Crippen LogP contribution in [0.25, 0.3) is 5.69 Å².